The molecule has 3 amide bonds. The molecule has 0 saturated carbocycles. The van der Waals surface area contributed by atoms with E-state index in [9.17, 15) is 14.4 Å². The smallest absolute Gasteiger partial charge is 0.316 e. The zero-order chi connectivity index (χ0) is 17.8. The van der Waals surface area contributed by atoms with Crippen LogP contribution >= 0.6 is 0 Å². The van der Waals surface area contributed by atoms with Gasteiger partial charge in [-0.05, 0) is 23.8 Å². The monoisotopic (exact) mass is 337 g/mol. The molecule has 0 aliphatic rings. The molecule has 0 atom stereocenters. The molecule has 0 unspecified atom stereocenters. The zero-order valence-electron chi connectivity index (χ0n) is 13.1. The number of carbonyl (C=O) groups excluding carboxylic acids is 2. The van der Waals surface area contributed by atoms with E-state index in [0.29, 0.717) is 16.5 Å². The van der Waals surface area contributed by atoms with Crippen molar-refractivity contribution in [3.63, 3.8) is 0 Å². The van der Waals surface area contributed by atoms with Gasteiger partial charge in [0, 0.05) is 17.6 Å². The lowest BCUT2D eigenvalue weighted by Gasteiger charge is -2.08. The quantitative estimate of drug-likeness (QED) is 0.572. The van der Waals surface area contributed by atoms with Crippen molar-refractivity contribution in [3.05, 3.63) is 70.1 Å². The standard InChI is InChI=1S/C17H15N5O3/c18-17(25)20-11-7-5-10(6-8-11)9-19-16(24)14-12-3-1-2-4-13(12)15(23)22-21-14/h1-8H,9H2,(H,19,24)(H,22,23)(H3,18,20,25). The van der Waals surface area contributed by atoms with Crippen LogP contribution in [-0.4, -0.2) is 22.1 Å². The number of rotatable bonds is 4. The zero-order valence-corrected chi connectivity index (χ0v) is 13.1. The van der Waals surface area contributed by atoms with E-state index < -0.39 is 11.9 Å². The minimum atomic E-state index is -0.642. The van der Waals surface area contributed by atoms with Gasteiger partial charge in [0.1, 0.15) is 0 Å². The van der Waals surface area contributed by atoms with Gasteiger partial charge in [0.2, 0.25) is 0 Å². The Morgan fingerprint density at radius 2 is 1.72 bits per heavy atom. The number of benzene rings is 2. The first-order valence-corrected chi connectivity index (χ1v) is 7.45. The van der Waals surface area contributed by atoms with Crippen LogP contribution in [0.4, 0.5) is 10.5 Å². The highest BCUT2D eigenvalue weighted by Crippen LogP contribution is 2.13. The van der Waals surface area contributed by atoms with Crippen LogP contribution in [-0.2, 0) is 6.54 Å². The van der Waals surface area contributed by atoms with Crippen LogP contribution in [0.3, 0.4) is 0 Å². The normalized spacial score (nSPS) is 10.4. The lowest BCUT2D eigenvalue weighted by Crippen LogP contribution is -2.26. The van der Waals surface area contributed by atoms with Crippen LogP contribution in [0.5, 0.6) is 0 Å². The van der Waals surface area contributed by atoms with Crippen molar-refractivity contribution in [2.45, 2.75) is 6.54 Å². The number of hydrogen-bond acceptors (Lipinski definition) is 4. The molecule has 3 aromatic rings. The number of carbonyl (C=O) groups is 2. The number of anilines is 1. The lowest BCUT2D eigenvalue weighted by molar-refractivity contribution is 0.0946. The summed E-state index contributed by atoms with van der Waals surface area (Å²) in [6.45, 7) is 0.269. The van der Waals surface area contributed by atoms with E-state index in [4.69, 9.17) is 5.73 Å². The molecule has 0 spiro atoms. The van der Waals surface area contributed by atoms with Gasteiger partial charge in [-0.15, -0.1) is 0 Å². The van der Waals surface area contributed by atoms with Crippen molar-refractivity contribution < 1.29 is 9.59 Å². The molecule has 25 heavy (non-hydrogen) atoms. The molecule has 8 heteroatoms. The third kappa shape index (κ3) is 3.63. The van der Waals surface area contributed by atoms with Gasteiger partial charge < -0.3 is 16.4 Å². The molecule has 0 bridgehead atoms. The molecule has 1 aromatic heterocycles. The van der Waals surface area contributed by atoms with Gasteiger partial charge >= 0.3 is 6.03 Å². The summed E-state index contributed by atoms with van der Waals surface area (Å²) in [7, 11) is 0. The summed E-state index contributed by atoms with van der Waals surface area (Å²) in [6.07, 6.45) is 0. The number of amides is 3. The van der Waals surface area contributed by atoms with E-state index in [-0.39, 0.29) is 17.8 Å². The first-order valence-electron chi connectivity index (χ1n) is 7.45. The largest absolute Gasteiger partial charge is 0.351 e. The molecule has 0 aliphatic carbocycles. The molecule has 0 saturated heterocycles. The highest BCUT2D eigenvalue weighted by molar-refractivity contribution is 6.04. The molecule has 3 rings (SSSR count). The summed E-state index contributed by atoms with van der Waals surface area (Å²) in [4.78, 5) is 34.9. The number of primary amides is 1. The molecule has 5 N–H and O–H groups in total. The molecule has 1 heterocycles. The van der Waals surface area contributed by atoms with Crippen molar-refractivity contribution in [1.82, 2.24) is 15.5 Å². The van der Waals surface area contributed by atoms with Gasteiger partial charge in [0.25, 0.3) is 11.5 Å². The molecule has 0 fully saturated rings. The van der Waals surface area contributed by atoms with Crippen molar-refractivity contribution in [2.24, 2.45) is 5.73 Å². The number of hydrogen-bond donors (Lipinski definition) is 4. The Hall–Kier alpha value is -3.68. The van der Waals surface area contributed by atoms with E-state index in [1.54, 1.807) is 48.5 Å². The van der Waals surface area contributed by atoms with Crippen LogP contribution in [0.2, 0.25) is 0 Å². The number of fused-ring (bicyclic) bond motifs is 1. The predicted octanol–water partition coefficient (Wildman–Crippen LogP) is 1.34. The minimum Gasteiger partial charge on any atom is -0.351 e. The van der Waals surface area contributed by atoms with E-state index in [2.05, 4.69) is 20.8 Å². The number of nitrogens with two attached hydrogens (primary N) is 1. The second kappa shape index (κ2) is 6.83. The van der Waals surface area contributed by atoms with E-state index in [0.717, 1.165) is 5.56 Å². The number of nitrogens with one attached hydrogen (secondary N) is 3. The fourth-order valence-electron chi connectivity index (χ4n) is 2.40. The molecular formula is C17H15N5O3. The van der Waals surface area contributed by atoms with Crippen LogP contribution in [0, 0.1) is 0 Å². The van der Waals surface area contributed by atoms with Gasteiger partial charge in [-0.2, -0.15) is 5.10 Å². The van der Waals surface area contributed by atoms with Gasteiger partial charge in [0.05, 0.1) is 5.39 Å². The van der Waals surface area contributed by atoms with Crippen molar-refractivity contribution in [1.29, 1.82) is 0 Å². The fourth-order valence-corrected chi connectivity index (χ4v) is 2.40. The van der Waals surface area contributed by atoms with Crippen molar-refractivity contribution in [3.8, 4) is 0 Å². The Bertz CT molecular complexity index is 995. The molecule has 8 nitrogen and oxygen atoms in total. The minimum absolute atomic E-state index is 0.155. The molecule has 126 valence electrons. The van der Waals surface area contributed by atoms with Gasteiger partial charge in [0.15, 0.2) is 5.69 Å². The highest BCUT2D eigenvalue weighted by Gasteiger charge is 2.13. The summed E-state index contributed by atoms with van der Waals surface area (Å²) in [5.41, 5.74) is 6.25. The maximum Gasteiger partial charge on any atom is 0.316 e. The second-order valence-electron chi connectivity index (χ2n) is 5.32. The van der Waals surface area contributed by atoms with Gasteiger partial charge in [-0.1, -0.05) is 30.3 Å². The Morgan fingerprint density at radius 1 is 1.04 bits per heavy atom. The van der Waals surface area contributed by atoms with Crippen molar-refractivity contribution in [2.75, 3.05) is 5.32 Å². The molecular weight excluding hydrogens is 322 g/mol. The topological polar surface area (TPSA) is 130 Å². The summed E-state index contributed by atoms with van der Waals surface area (Å²) in [5, 5.41) is 12.3. The van der Waals surface area contributed by atoms with Crippen molar-refractivity contribution >= 4 is 28.4 Å². The van der Waals surface area contributed by atoms with Crippen LogP contribution in [0.1, 0.15) is 16.1 Å². The number of H-pyrrole nitrogens is 1. The fraction of sp³-hybridized carbons (Fsp3) is 0.0588. The van der Waals surface area contributed by atoms with Gasteiger partial charge in [-0.3, -0.25) is 9.59 Å². The molecule has 0 radical (unpaired) electrons. The Morgan fingerprint density at radius 3 is 2.40 bits per heavy atom. The number of aromatic amines is 1. The average Bonchev–Trinajstić information content (AvgIpc) is 2.61. The highest BCUT2D eigenvalue weighted by atomic mass is 16.2. The van der Waals surface area contributed by atoms with Crippen LogP contribution < -0.4 is 21.9 Å². The van der Waals surface area contributed by atoms with E-state index in [1.807, 2.05) is 0 Å². The summed E-state index contributed by atoms with van der Waals surface area (Å²) in [6, 6.07) is 13.0. The molecule has 2 aromatic carbocycles. The van der Waals surface area contributed by atoms with Crippen LogP contribution in [0.25, 0.3) is 10.8 Å². The molecule has 0 aliphatic heterocycles. The maximum absolute atomic E-state index is 12.4. The summed E-state index contributed by atoms with van der Waals surface area (Å²) in [5.74, 6) is -0.396. The lowest BCUT2D eigenvalue weighted by atomic mass is 10.1. The van der Waals surface area contributed by atoms with E-state index >= 15 is 0 Å². The summed E-state index contributed by atoms with van der Waals surface area (Å²) >= 11 is 0. The number of aromatic nitrogens is 2. The third-order valence-corrected chi connectivity index (χ3v) is 3.59. The van der Waals surface area contributed by atoms with Gasteiger partial charge in [-0.25, -0.2) is 9.89 Å². The summed E-state index contributed by atoms with van der Waals surface area (Å²) < 4.78 is 0. The SMILES string of the molecule is NC(=O)Nc1ccc(CNC(=O)c2n[nH]c(=O)c3ccccc23)cc1. The van der Waals surface area contributed by atoms with E-state index in [1.165, 1.54) is 0 Å². The second-order valence-corrected chi connectivity index (χ2v) is 5.32. The predicted molar refractivity (Wildman–Crippen MR) is 93.2 cm³/mol. The Labute approximate surface area is 142 Å². The maximum atomic E-state index is 12.4. The average molecular weight is 337 g/mol. The number of nitrogens with zero attached hydrogens (tertiary/aromatic N) is 1. The number of urea groups is 1. The first kappa shape index (κ1) is 16.2. The van der Waals surface area contributed by atoms with Crippen LogP contribution in [0.15, 0.2) is 53.3 Å². The Balaban J connectivity index is 1.74. The Kier molecular flexibility index (Phi) is 4.42. The first-order chi connectivity index (χ1) is 12.0. The third-order valence-electron chi connectivity index (χ3n) is 3.59.